The van der Waals surface area contributed by atoms with E-state index in [1.165, 1.54) is 6.08 Å². The number of carbonyl (C=O) groups is 1. The van der Waals surface area contributed by atoms with E-state index in [1.807, 2.05) is 13.1 Å². The van der Waals surface area contributed by atoms with Crippen LogP contribution in [-0.4, -0.2) is 15.6 Å². The van der Waals surface area contributed by atoms with E-state index in [0.717, 1.165) is 11.0 Å². The first kappa shape index (κ1) is 15.3. The Labute approximate surface area is 135 Å². The lowest BCUT2D eigenvalue weighted by Crippen LogP contribution is -1.95. The van der Waals surface area contributed by atoms with Crippen molar-refractivity contribution >= 4 is 51.0 Å². The number of allylic oxidation sites excluding steroid dienone is 1. The highest BCUT2D eigenvalue weighted by atomic mass is 79.9. The highest BCUT2D eigenvalue weighted by Gasteiger charge is 2.07. The van der Waals surface area contributed by atoms with Gasteiger partial charge in [0.1, 0.15) is 0 Å². The minimum Gasteiger partial charge on any atom is -0.289 e. The standard InChI is InChI=1S/C14H11BrCl2N2O/c1-2-19-8-10(15)13(18-19)5-6-14(20)9-3-4-11(16)12(17)7-9/h3-8H,2H2,1H3/b6-5+. The van der Waals surface area contributed by atoms with Gasteiger partial charge in [0.25, 0.3) is 0 Å². The maximum Gasteiger partial charge on any atom is 0.185 e. The lowest BCUT2D eigenvalue weighted by atomic mass is 10.1. The van der Waals surface area contributed by atoms with Gasteiger partial charge in [-0.3, -0.25) is 9.48 Å². The lowest BCUT2D eigenvalue weighted by molar-refractivity contribution is 0.104. The van der Waals surface area contributed by atoms with E-state index in [4.69, 9.17) is 23.2 Å². The van der Waals surface area contributed by atoms with E-state index in [9.17, 15) is 4.79 Å². The Morgan fingerprint density at radius 1 is 1.40 bits per heavy atom. The van der Waals surface area contributed by atoms with Gasteiger partial charge in [0, 0.05) is 18.3 Å². The van der Waals surface area contributed by atoms with Gasteiger partial charge in [-0.05, 0) is 53.2 Å². The summed E-state index contributed by atoms with van der Waals surface area (Å²) in [5.41, 5.74) is 1.20. The fourth-order valence-electron chi connectivity index (χ4n) is 1.59. The molecule has 0 aliphatic heterocycles. The van der Waals surface area contributed by atoms with Gasteiger partial charge in [-0.25, -0.2) is 0 Å². The van der Waals surface area contributed by atoms with Crippen molar-refractivity contribution in [2.24, 2.45) is 0 Å². The van der Waals surface area contributed by atoms with Crippen LogP contribution < -0.4 is 0 Å². The van der Waals surface area contributed by atoms with Crippen LogP contribution in [0.25, 0.3) is 6.08 Å². The number of aryl methyl sites for hydroxylation is 1. The maximum absolute atomic E-state index is 12.0. The number of ketones is 1. The monoisotopic (exact) mass is 372 g/mol. The number of halogens is 3. The van der Waals surface area contributed by atoms with E-state index in [2.05, 4.69) is 21.0 Å². The molecule has 1 heterocycles. The molecule has 0 amide bonds. The van der Waals surface area contributed by atoms with Gasteiger partial charge in [-0.1, -0.05) is 23.2 Å². The van der Waals surface area contributed by atoms with Crippen molar-refractivity contribution in [2.75, 3.05) is 0 Å². The predicted molar refractivity (Wildman–Crippen MR) is 85.4 cm³/mol. The summed E-state index contributed by atoms with van der Waals surface area (Å²) >= 11 is 15.1. The Bertz CT molecular complexity index is 680. The van der Waals surface area contributed by atoms with Crippen LogP contribution in [0.2, 0.25) is 10.0 Å². The van der Waals surface area contributed by atoms with Crippen LogP contribution in [-0.2, 0) is 6.54 Å². The third-order valence-corrected chi connectivity index (χ3v) is 4.01. The molecule has 0 aliphatic rings. The molecule has 0 aliphatic carbocycles. The molecule has 0 atom stereocenters. The number of hydrogen-bond acceptors (Lipinski definition) is 2. The number of benzene rings is 1. The van der Waals surface area contributed by atoms with E-state index in [0.29, 0.717) is 21.3 Å². The van der Waals surface area contributed by atoms with Crippen molar-refractivity contribution in [3.8, 4) is 0 Å². The minimum absolute atomic E-state index is 0.151. The number of hydrogen-bond donors (Lipinski definition) is 0. The zero-order valence-corrected chi connectivity index (χ0v) is 13.7. The summed E-state index contributed by atoms with van der Waals surface area (Å²) in [6, 6.07) is 4.80. The Balaban J connectivity index is 2.19. The summed E-state index contributed by atoms with van der Waals surface area (Å²) in [7, 11) is 0. The Hall–Kier alpha value is -1.10. The molecule has 0 spiro atoms. The molecule has 1 aromatic carbocycles. The quantitative estimate of drug-likeness (QED) is 0.566. The van der Waals surface area contributed by atoms with Crippen molar-refractivity contribution in [1.29, 1.82) is 0 Å². The fraction of sp³-hybridized carbons (Fsp3) is 0.143. The molecule has 0 radical (unpaired) electrons. The summed E-state index contributed by atoms with van der Waals surface area (Å²) < 4.78 is 2.63. The molecule has 0 saturated carbocycles. The second-order valence-electron chi connectivity index (χ2n) is 4.04. The predicted octanol–water partition coefficient (Wildman–Crippen LogP) is 4.87. The van der Waals surface area contributed by atoms with Crippen molar-refractivity contribution in [3.63, 3.8) is 0 Å². The normalized spacial score (nSPS) is 11.2. The van der Waals surface area contributed by atoms with Crippen LogP contribution in [0.1, 0.15) is 23.0 Å². The molecule has 0 fully saturated rings. The van der Waals surface area contributed by atoms with Crippen LogP contribution in [0.4, 0.5) is 0 Å². The molecular formula is C14H11BrCl2N2O. The molecule has 104 valence electrons. The van der Waals surface area contributed by atoms with Gasteiger partial charge >= 0.3 is 0 Å². The molecule has 6 heteroatoms. The fourth-order valence-corrected chi connectivity index (χ4v) is 2.33. The molecule has 0 bridgehead atoms. The van der Waals surface area contributed by atoms with Crippen LogP contribution in [0.15, 0.2) is 34.9 Å². The van der Waals surface area contributed by atoms with E-state index >= 15 is 0 Å². The SMILES string of the molecule is CCn1cc(Br)c(/C=C/C(=O)c2ccc(Cl)c(Cl)c2)n1. The summed E-state index contributed by atoms with van der Waals surface area (Å²) in [6.07, 6.45) is 5.00. The molecule has 0 N–H and O–H groups in total. The van der Waals surface area contributed by atoms with Gasteiger partial charge in [-0.2, -0.15) is 5.10 Å². The summed E-state index contributed by atoms with van der Waals surface area (Å²) in [4.78, 5) is 12.0. The molecule has 1 aromatic heterocycles. The van der Waals surface area contributed by atoms with Crippen LogP contribution in [0.5, 0.6) is 0 Å². The van der Waals surface area contributed by atoms with Crippen LogP contribution >= 0.6 is 39.1 Å². The molecule has 3 nitrogen and oxygen atoms in total. The average molecular weight is 374 g/mol. The molecule has 0 unspecified atom stereocenters. The van der Waals surface area contributed by atoms with Crippen LogP contribution in [0, 0.1) is 0 Å². The Kier molecular flexibility index (Phi) is 5.02. The van der Waals surface area contributed by atoms with Crippen molar-refractivity contribution < 1.29 is 4.79 Å². The highest BCUT2D eigenvalue weighted by molar-refractivity contribution is 9.10. The molecular weight excluding hydrogens is 363 g/mol. The van der Waals surface area contributed by atoms with Crippen molar-refractivity contribution in [2.45, 2.75) is 13.5 Å². The third-order valence-electron chi connectivity index (χ3n) is 2.66. The maximum atomic E-state index is 12.0. The topological polar surface area (TPSA) is 34.9 Å². The third kappa shape index (κ3) is 3.51. The van der Waals surface area contributed by atoms with E-state index in [1.54, 1.807) is 29.0 Å². The Morgan fingerprint density at radius 3 is 2.75 bits per heavy atom. The first-order chi connectivity index (χ1) is 9.51. The molecule has 2 rings (SSSR count). The summed E-state index contributed by atoms with van der Waals surface area (Å²) in [5, 5.41) is 5.10. The number of rotatable bonds is 4. The van der Waals surface area contributed by atoms with Crippen LogP contribution in [0.3, 0.4) is 0 Å². The zero-order chi connectivity index (χ0) is 14.7. The van der Waals surface area contributed by atoms with Gasteiger partial charge in [0.05, 0.1) is 20.2 Å². The van der Waals surface area contributed by atoms with E-state index in [-0.39, 0.29) is 5.78 Å². The second-order valence-corrected chi connectivity index (χ2v) is 5.71. The van der Waals surface area contributed by atoms with Crippen molar-refractivity contribution in [3.05, 3.63) is 56.2 Å². The van der Waals surface area contributed by atoms with Crippen molar-refractivity contribution in [1.82, 2.24) is 9.78 Å². The van der Waals surface area contributed by atoms with Gasteiger partial charge in [0.2, 0.25) is 0 Å². The van der Waals surface area contributed by atoms with E-state index < -0.39 is 0 Å². The number of nitrogens with zero attached hydrogens (tertiary/aromatic N) is 2. The lowest BCUT2D eigenvalue weighted by Gasteiger charge is -1.98. The zero-order valence-electron chi connectivity index (χ0n) is 10.6. The largest absolute Gasteiger partial charge is 0.289 e. The van der Waals surface area contributed by atoms with Gasteiger partial charge in [-0.15, -0.1) is 0 Å². The molecule has 2 aromatic rings. The summed E-state index contributed by atoms with van der Waals surface area (Å²) in [5.74, 6) is -0.151. The number of aromatic nitrogens is 2. The Morgan fingerprint density at radius 2 is 2.15 bits per heavy atom. The first-order valence-corrected chi connectivity index (χ1v) is 7.46. The van der Waals surface area contributed by atoms with Gasteiger partial charge in [0.15, 0.2) is 5.78 Å². The summed E-state index contributed by atoms with van der Waals surface area (Å²) in [6.45, 7) is 2.76. The molecule has 20 heavy (non-hydrogen) atoms. The smallest absolute Gasteiger partial charge is 0.185 e. The second kappa shape index (κ2) is 6.57. The minimum atomic E-state index is -0.151. The molecule has 0 saturated heterocycles. The average Bonchev–Trinajstić information content (AvgIpc) is 2.79. The van der Waals surface area contributed by atoms with Gasteiger partial charge < -0.3 is 0 Å². The highest BCUT2D eigenvalue weighted by Crippen LogP contribution is 2.23. The number of carbonyl (C=O) groups excluding carboxylic acids is 1. The first-order valence-electron chi connectivity index (χ1n) is 5.91.